The van der Waals surface area contributed by atoms with E-state index in [0.29, 0.717) is 12.2 Å². The molecule has 1 unspecified atom stereocenters. The van der Waals surface area contributed by atoms with Crippen molar-refractivity contribution in [2.75, 3.05) is 39.5 Å². The fraction of sp³-hybridized carbons (Fsp3) is 0.600. The van der Waals surface area contributed by atoms with Crippen molar-refractivity contribution >= 4 is 5.97 Å². The Kier molecular flexibility index (Phi) is 5.95. The maximum absolute atomic E-state index is 11.5. The molecule has 0 bridgehead atoms. The third kappa shape index (κ3) is 4.99. The molecule has 0 saturated carbocycles. The van der Waals surface area contributed by atoms with Crippen LogP contribution in [0, 0.1) is 0 Å². The SMILES string of the molecule is C=C(C)C(=O)OCC(CCN1CCOCC1)n1ccnc1. The van der Waals surface area contributed by atoms with Gasteiger partial charge in [0.2, 0.25) is 0 Å². The summed E-state index contributed by atoms with van der Waals surface area (Å²) in [5.41, 5.74) is 0.424. The molecular formula is C15H23N3O3. The van der Waals surface area contributed by atoms with E-state index in [0.717, 1.165) is 39.3 Å². The van der Waals surface area contributed by atoms with E-state index >= 15 is 0 Å². The van der Waals surface area contributed by atoms with Gasteiger partial charge in [0, 0.05) is 37.6 Å². The Bertz CT molecular complexity index is 453. The molecule has 1 aromatic heterocycles. The Morgan fingerprint density at radius 2 is 2.24 bits per heavy atom. The Balaban J connectivity index is 1.86. The lowest BCUT2D eigenvalue weighted by Crippen LogP contribution is -2.38. The number of rotatable bonds is 7. The first-order valence-electron chi connectivity index (χ1n) is 7.27. The number of aromatic nitrogens is 2. The summed E-state index contributed by atoms with van der Waals surface area (Å²) in [6, 6.07) is 0.0960. The molecule has 0 amide bonds. The van der Waals surface area contributed by atoms with Gasteiger partial charge in [-0.3, -0.25) is 4.90 Å². The summed E-state index contributed by atoms with van der Waals surface area (Å²) in [5, 5.41) is 0. The number of imidazole rings is 1. The van der Waals surface area contributed by atoms with Crippen LogP contribution in [0.4, 0.5) is 0 Å². The van der Waals surface area contributed by atoms with Gasteiger partial charge in [-0.1, -0.05) is 6.58 Å². The third-order valence-electron chi connectivity index (χ3n) is 3.58. The number of hydrogen-bond donors (Lipinski definition) is 0. The van der Waals surface area contributed by atoms with Crippen LogP contribution in [0.5, 0.6) is 0 Å². The topological polar surface area (TPSA) is 56.6 Å². The van der Waals surface area contributed by atoms with Gasteiger partial charge in [-0.15, -0.1) is 0 Å². The van der Waals surface area contributed by atoms with Crippen molar-refractivity contribution in [1.82, 2.24) is 14.5 Å². The van der Waals surface area contributed by atoms with Crippen molar-refractivity contribution in [2.24, 2.45) is 0 Å². The van der Waals surface area contributed by atoms with E-state index in [2.05, 4.69) is 16.5 Å². The van der Waals surface area contributed by atoms with E-state index in [1.165, 1.54) is 0 Å². The summed E-state index contributed by atoms with van der Waals surface area (Å²) in [6.07, 6.45) is 6.30. The smallest absolute Gasteiger partial charge is 0.333 e. The second kappa shape index (κ2) is 7.95. The van der Waals surface area contributed by atoms with E-state index in [1.54, 1.807) is 19.4 Å². The van der Waals surface area contributed by atoms with Crippen molar-refractivity contribution < 1.29 is 14.3 Å². The zero-order valence-electron chi connectivity index (χ0n) is 12.5. The van der Waals surface area contributed by atoms with Crippen LogP contribution in [-0.4, -0.2) is 59.9 Å². The van der Waals surface area contributed by atoms with Gasteiger partial charge in [0.15, 0.2) is 0 Å². The summed E-state index contributed by atoms with van der Waals surface area (Å²) in [6.45, 7) is 10.1. The number of esters is 1. The second-order valence-corrected chi connectivity index (χ2v) is 5.29. The molecule has 1 aliphatic heterocycles. The van der Waals surface area contributed by atoms with Gasteiger partial charge in [0.1, 0.15) is 6.61 Å². The minimum atomic E-state index is -0.341. The van der Waals surface area contributed by atoms with Gasteiger partial charge < -0.3 is 14.0 Å². The molecule has 0 aliphatic carbocycles. The summed E-state index contributed by atoms with van der Waals surface area (Å²) < 4.78 is 12.6. The van der Waals surface area contributed by atoms with Crippen LogP contribution in [0.25, 0.3) is 0 Å². The van der Waals surface area contributed by atoms with Crippen LogP contribution < -0.4 is 0 Å². The van der Waals surface area contributed by atoms with Gasteiger partial charge in [0.25, 0.3) is 0 Å². The third-order valence-corrected chi connectivity index (χ3v) is 3.58. The number of nitrogens with zero attached hydrogens (tertiary/aromatic N) is 3. The Labute approximate surface area is 125 Å². The molecule has 116 valence electrons. The Hall–Kier alpha value is -1.66. The molecule has 1 fully saturated rings. The minimum absolute atomic E-state index is 0.0960. The number of morpholine rings is 1. The van der Waals surface area contributed by atoms with Gasteiger partial charge >= 0.3 is 5.97 Å². The van der Waals surface area contributed by atoms with Crippen LogP contribution in [-0.2, 0) is 14.3 Å². The van der Waals surface area contributed by atoms with E-state index in [4.69, 9.17) is 9.47 Å². The average Bonchev–Trinajstić information content (AvgIpc) is 3.02. The number of carbonyl (C=O) groups is 1. The van der Waals surface area contributed by atoms with Crippen LogP contribution in [0.15, 0.2) is 30.9 Å². The molecule has 2 heterocycles. The second-order valence-electron chi connectivity index (χ2n) is 5.29. The van der Waals surface area contributed by atoms with E-state index in [9.17, 15) is 4.79 Å². The summed E-state index contributed by atoms with van der Waals surface area (Å²) in [7, 11) is 0. The average molecular weight is 293 g/mol. The van der Waals surface area contributed by atoms with Crippen molar-refractivity contribution in [2.45, 2.75) is 19.4 Å². The largest absolute Gasteiger partial charge is 0.460 e. The van der Waals surface area contributed by atoms with Gasteiger partial charge in [-0.25, -0.2) is 9.78 Å². The fourth-order valence-electron chi connectivity index (χ4n) is 2.26. The molecular weight excluding hydrogens is 270 g/mol. The lowest BCUT2D eigenvalue weighted by molar-refractivity contribution is -0.140. The van der Waals surface area contributed by atoms with Crippen molar-refractivity contribution in [3.8, 4) is 0 Å². The van der Waals surface area contributed by atoms with Crippen molar-refractivity contribution in [1.29, 1.82) is 0 Å². The quantitative estimate of drug-likeness (QED) is 0.560. The summed E-state index contributed by atoms with van der Waals surface area (Å²) in [4.78, 5) is 18.0. The Morgan fingerprint density at radius 3 is 2.86 bits per heavy atom. The summed E-state index contributed by atoms with van der Waals surface area (Å²) in [5.74, 6) is -0.341. The lowest BCUT2D eigenvalue weighted by Gasteiger charge is -2.28. The molecule has 0 aromatic carbocycles. The molecule has 21 heavy (non-hydrogen) atoms. The van der Waals surface area contributed by atoms with Gasteiger partial charge in [0.05, 0.1) is 25.6 Å². The molecule has 2 rings (SSSR count). The molecule has 0 spiro atoms. The van der Waals surface area contributed by atoms with Crippen LogP contribution in [0.1, 0.15) is 19.4 Å². The highest BCUT2D eigenvalue weighted by Gasteiger charge is 2.17. The van der Waals surface area contributed by atoms with Crippen LogP contribution in [0.3, 0.4) is 0 Å². The van der Waals surface area contributed by atoms with Crippen LogP contribution >= 0.6 is 0 Å². The number of ether oxygens (including phenoxy) is 2. The molecule has 1 saturated heterocycles. The first-order valence-corrected chi connectivity index (χ1v) is 7.27. The first-order chi connectivity index (χ1) is 10.2. The lowest BCUT2D eigenvalue weighted by atomic mass is 10.2. The monoisotopic (exact) mass is 293 g/mol. The van der Waals surface area contributed by atoms with E-state index in [1.807, 2.05) is 10.8 Å². The van der Waals surface area contributed by atoms with Gasteiger partial charge in [-0.2, -0.15) is 0 Å². The molecule has 6 nitrogen and oxygen atoms in total. The maximum Gasteiger partial charge on any atom is 0.333 e. The first kappa shape index (κ1) is 15.7. The zero-order valence-corrected chi connectivity index (χ0v) is 12.5. The minimum Gasteiger partial charge on any atom is -0.460 e. The predicted octanol–water partition coefficient (Wildman–Crippen LogP) is 1.27. The van der Waals surface area contributed by atoms with Crippen molar-refractivity contribution in [3.63, 3.8) is 0 Å². The summed E-state index contributed by atoms with van der Waals surface area (Å²) >= 11 is 0. The fourth-order valence-corrected chi connectivity index (χ4v) is 2.26. The zero-order chi connectivity index (χ0) is 15.1. The molecule has 1 aliphatic rings. The van der Waals surface area contributed by atoms with E-state index in [-0.39, 0.29) is 12.0 Å². The molecule has 0 radical (unpaired) electrons. The highest BCUT2D eigenvalue weighted by Crippen LogP contribution is 2.14. The maximum atomic E-state index is 11.5. The molecule has 1 atom stereocenters. The van der Waals surface area contributed by atoms with Crippen molar-refractivity contribution in [3.05, 3.63) is 30.9 Å². The normalized spacial score (nSPS) is 17.4. The highest BCUT2D eigenvalue weighted by molar-refractivity contribution is 5.86. The van der Waals surface area contributed by atoms with E-state index < -0.39 is 0 Å². The molecule has 1 aromatic rings. The molecule has 0 N–H and O–H groups in total. The predicted molar refractivity (Wildman–Crippen MR) is 78.9 cm³/mol. The number of hydrogen-bond acceptors (Lipinski definition) is 5. The number of carbonyl (C=O) groups excluding carboxylic acids is 1. The van der Waals surface area contributed by atoms with Gasteiger partial charge in [-0.05, 0) is 13.3 Å². The van der Waals surface area contributed by atoms with Crippen LogP contribution in [0.2, 0.25) is 0 Å². The Morgan fingerprint density at radius 1 is 1.48 bits per heavy atom. The highest BCUT2D eigenvalue weighted by atomic mass is 16.5. The standard InChI is InChI=1S/C15H23N3O3/c1-13(2)15(19)21-11-14(18-6-4-16-12-18)3-5-17-7-9-20-10-8-17/h4,6,12,14H,1,3,5,7-11H2,2H3. The molecule has 6 heteroatoms.